The predicted octanol–water partition coefficient (Wildman–Crippen LogP) is 3.34. The average Bonchev–Trinajstić information content (AvgIpc) is 3.02. The Morgan fingerprint density at radius 1 is 0.963 bits per heavy atom. The summed E-state index contributed by atoms with van der Waals surface area (Å²) in [7, 11) is 2.00. The molecule has 5 nitrogen and oxygen atoms in total. The number of hydrogen-bond donors (Lipinski definition) is 1. The Hall–Kier alpha value is -3.10. The zero-order valence-corrected chi connectivity index (χ0v) is 15.7. The Bertz CT molecular complexity index is 974. The molecule has 136 valence electrons. The highest BCUT2D eigenvalue weighted by molar-refractivity contribution is 5.95. The van der Waals surface area contributed by atoms with Gasteiger partial charge >= 0.3 is 0 Å². The molecule has 5 heteroatoms. The van der Waals surface area contributed by atoms with Crippen LogP contribution in [0.25, 0.3) is 22.3 Å². The first-order valence-electron chi connectivity index (χ1n) is 9.26. The van der Waals surface area contributed by atoms with Gasteiger partial charge in [-0.25, -0.2) is 0 Å². The van der Waals surface area contributed by atoms with Crippen molar-refractivity contribution in [3.63, 3.8) is 0 Å². The quantitative estimate of drug-likeness (QED) is 0.781. The summed E-state index contributed by atoms with van der Waals surface area (Å²) in [5, 5.41) is 13.4. The van der Waals surface area contributed by atoms with Crippen molar-refractivity contribution in [3.05, 3.63) is 60.0 Å². The van der Waals surface area contributed by atoms with Crippen molar-refractivity contribution >= 4 is 5.82 Å². The second-order valence-electron chi connectivity index (χ2n) is 6.93. The molecular formula is C22H23N5. The first-order valence-corrected chi connectivity index (χ1v) is 9.26. The topological polar surface area (TPSA) is 56.9 Å². The molecule has 0 bridgehead atoms. The highest BCUT2D eigenvalue weighted by Crippen LogP contribution is 2.43. The Kier molecular flexibility index (Phi) is 4.66. The summed E-state index contributed by atoms with van der Waals surface area (Å²) < 4.78 is 2.05. The number of aromatic nitrogens is 2. The lowest BCUT2D eigenvalue weighted by molar-refractivity contribution is 0.579. The summed E-state index contributed by atoms with van der Waals surface area (Å²) in [5.41, 5.74) is 6.18. The minimum atomic E-state index is 0.694. The molecule has 3 aromatic rings. The molecule has 27 heavy (non-hydrogen) atoms. The van der Waals surface area contributed by atoms with E-state index >= 15 is 0 Å². The second kappa shape index (κ2) is 7.26. The maximum Gasteiger partial charge on any atom is 0.130 e. The van der Waals surface area contributed by atoms with Crippen LogP contribution in [0.3, 0.4) is 0 Å². The molecule has 2 aromatic heterocycles. The van der Waals surface area contributed by atoms with Crippen LogP contribution in [0.5, 0.6) is 0 Å². The lowest BCUT2D eigenvalue weighted by Crippen LogP contribution is -2.44. The summed E-state index contributed by atoms with van der Waals surface area (Å²) >= 11 is 0. The molecular weight excluding hydrogens is 334 g/mol. The van der Waals surface area contributed by atoms with Gasteiger partial charge in [-0.15, -0.1) is 0 Å². The third-order valence-corrected chi connectivity index (χ3v) is 5.20. The fourth-order valence-corrected chi connectivity index (χ4v) is 3.84. The van der Waals surface area contributed by atoms with Gasteiger partial charge in [0.15, 0.2) is 0 Å². The Labute approximate surface area is 159 Å². The first-order chi connectivity index (χ1) is 13.2. The van der Waals surface area contributed by atoms with Gasteiger partial charge in [-0.3, -0.25) is 4.98 Å². The lowest BCUT2D eigenvalue weighted by atomic mass is 9.96. The summed E-state index contributed by atoms with van der Waals surface area (Å²) in [4.78, 5) is 6.56. The molecule has 0 spiro atoms. The molecule has 0 radical (unpaired) electrons. The molecule has 0 amide bonds. The van der Waals surface area contributed by atoms with Crippen LogP contribution in [0.4, 0.5) is 5.82 Å². The van der Waals surface area contributed by atoms with E-state index in [2.05, 4.69) is 57.0 Å². The molecule has 1 fully saturated rings. The molecule has 4 rings (SSSR count). The van der Waals surface area contributed by atoms with E-state index in [1.54, 1.807) is 0 Å². The Balaban J connectivity index is 2.02. The van der Waals surface area contributed by atoms with E-state index in [1.807, 2.05) is 31.6 Å². The summed E-state index contributed by atoms with van der Waals surface area (Å²) in [6.07, 6.45) is 3.63. The standard InChI is InChI=1S/C22H23N5/c1-16-3-5-17(6-4-16)20-19(15-23)26(2)22(27-13-11-25-12-14-27)21(20)18-7-9-24-10-8-18/h3-10,25H,11-14H2,1-2H3. The van der Waals surface area contributed by atoms with Crippen LogP contribution in [0.2, 0.25) is 0 Å². The second-order valence-corrected chi connectivity index (χ2v) is 6.93. The number of aryl methyl sites for hydroxylation is 1. The molecule has 3 heterocycles. The third-order valence-electron chi connectivity index (χ3n) is 5.20. The van der Waals surface area contributed by atoms with Crippen molar-refractivity contribution in [1.29, 1.82) is 5.26 Å². The van der Waals surface area contributed by atoms with Gasteiger partial charge in [0.1, 0.15) is 17.6 Å². The number of hydrogen-bond acceptors (Lipinski definition) is 4. The summed E-state index contributed by atoms with van der Waals surface area (Å²) in [6, 6.07) is 14.9. The highest BCUT2D eigenvalue weighted by atomic mass is 15.3. The number of piperazine rings is 1. The van der Waals surface area contributed by atoms with Crippen LogP contribution in [0.15, 0.2) is 48.8 Å². The number of nitrogens with one attached hydrogen (secondary N) is 1. The van der Waals surface area contributed by atoms with E-state index in [0.29, 0.717) is 5.69 Å². The van der Waals surface area contributed by atoms with Gasteiger partial charge < -0.3 is 14.8 Å². The smallest absolute Gasteiger partial charge is 0.130 e. The maximum atomic E-state index is 9.98. The van der Waals surface area contributed by atoms with Crippen LogP contribution < -0.4 is 10.2 Å². The van der Waals surface area contributed by atoms with E-state index in [-0.39, 0.29) is 0 Å². The van der Waals surface area contributed by atoms with E-state index in [4.69, 9.17) is 0 Å². The first kappa shape index (κ1) is 17.3. The monoisotopic (exact) mass is 357 g/mol. The molecule has 0 unspecified atom stereocenters. The fourth-order valence-electron chi connectivity index (χ4n) is 3.84. The molecule has 0 aliphatic carbocycles. The van der Waals surface area contributed by atoms with Crippen molar-refractivity contribution in [3.8, 4) is 28.3 Å². The van der Waals surface area contributed by atoms with Gasteiger partial charge in [0.25, 0.3) is 0 Å². The largest absolute Gasteiger partial charge is 0.355 e. The van der Waals surface area contributed by atoms with E-state index < -0.39 is 0 Å². The molecule has 0 saturated carbocycles. The van der Waals surface area contributed by atoms with Crippen LogP contribution in [0.1, 0.15) is 11.3 Å². The zero-order valence-electron chi connectivity index (χ0n) is 15.7. The third kappa shape index (κ3) is 3.09. The molecule has 1 N–H and O–H groups in total. The number of nitriles is 1. The summed E-state index contributed by atoms with van der Waals surface area (Å²) in [5.74, 6) is 1.11. The van der Waals surface area contributed by atoms with Crippen LogP contribution >= 0.6 is 0 Å². The molecule has 1 aromatic carbocycles. The minimum absolute atomic E-state index is 0.694. The van der Waals surface area contributed by atoms with Gasteiger partial charge in [0.2, 0.25) is 0 Å². The summed E-state index contributed by atoms with van der Waals surface area (Å²) in [6.45, 7) is 5.82. The number of rotatable bonds is 3. The normalized spacial score (nSPS) is 14.2. The SMILES string of the molecule is Cc1ccc(-c2c(-c3ccncc3)c(N3CCNCC3)n(C)c2C#N)cc1. The van der Waals surface area contributed by atoms with Gasteiger partial charge in [0.05, 0.1) is 0 Å². The predicted molar refractivity (Wildman–Crippen MR) is 109 cm³/mol. The lowest BCUT2D eigenvalue weighted by Gasteiger charge is -2.31. The average molecular weight is 357 g/mol. The number of benzene rings is 1. The fraction of sp³-hybridized carbons (Fsp3) is 0.273. The highest BCUT2D eigenvalue weighted by Gasteiger charge is 2.27. The van der Waals surface area contributed by atoms with Crippen molar-refractivity contribution in [2.24, 2.45) is 7.05 Å². The van der Waals surface area contributed by atoms with E-state index in [9.17, 15) is 5.26 Å². The van der Waals surface area contributed by atoms with Crippen LogP contribution in [-0.2, 0) is 7.05 Å². The molecule has 1 saturated heterocycles. The molecule has 1 aliphatic heterocycles. The van der Waals surface area contributed by atoms with Crippen LogP contribution in [0, 0.1) is 18.3 Å². The van der Waals surface area contributed by atoms with E-state index in [0.717, 1.165) is 54.3 Å². The van der Waals surface area contributed by atoms with Gasteiger partial charge in [-0.1, -0.05) is 29.8 Å². The Morgan fingerprint density at radius 2 is 1.59 bits per heavy atom. The van der Waals surface area contributed by atoms with E-state index in [1.165, 1.54) is 5.56 Å². The number of anilines is 1. The van der Waals surface area contributed by atoms with Crippen LogP contribution in [-0.4, -0.2) is 35.7 Å². The zero-order chi connectivity index (χ0) is 18.8. The van der Waals surface area contributed by atoms with Crippen molar-refractivity contribution in [1.82, 2.24) is 14.9 Å². The van der Waals surface area contributed by atoms with Gasteiger partial charge in [-0.05, 0) is 30.2 Å². The van der Waals surface area contributed by atoms with Crippen molar-refractivity contribution in [2.75, 3.05) is 31.1 Å². The van der Waals surface area contributed by atoms with Crippen molar-refractivity contribution in [2.45, 2.75) is 6.92 Å². The molecule has 1 aliphatic rings. The van der Waals surface area contributed by atoms with Gasteiger partial charge in [0, 0.05) is 56.7 Å². The Morgan fingerprint density at radius 3 is 2.22 bits per heavy atom. The maximum absolute atomic E-state index is 9.98. The number of pyridine rings is 1. The molecule has 0 atom stereocenters. The number of nitrogens with zero attached hydrogens (tertiary/aromatic N) is 4. The van der Waals surface area contributed by atoms with Gasteiger partial charge in [-0.2, -0.15) is 5.26 Å². The van der Waals surface area contributed by atoms with Crippen molar-refractivity contribution < 1.29 is 0 Å². The minimum Gasteiger partial charge on any atom is -0.355 e.